The van der Waals surface area contributed by atoms with Crippen LogP contribution in [0.1, 0.15) is 17.8 Å². The van der Waals surface area contributed by atoms with Crippen LogP contribution in [0.5, 0.6) is 5.75 Å². The van der Waals surface area contributed by atoms with Gasteiger partial charge in [0.25, 0.3) is 5.89 Å². The average molecular weight is 424 g/mol. The monoisotopic (exact) mass is 422 g/mol. The van der Waals surface area contributed by atoms with E-state index in [1.807, 2.05) is 6.07 Å². The van der Waals surface area contributed by atoms with E-state index in [1.165, 1.54) is 0 Å². The van der Waals surface area contributed by atoms with Crippen molar-refractivity contribution in [1.29, 1.82) is 0 Å². The van der Waals surface area contributed by atoms with Crippen LogP contribution in [0.4, 0.5) is 0 Å². The fourth-order valence-corrected chi connectivity index (χ4v) is 3.02. The Hall–Kier alpha value is -0.860. The number of likely N-dealkylation sites (N-methyl/N-ethyl adjacent to an activating group) is 1. The first kappa shape index (κ1) is 18.5. The van der Waals surface area contributed by atoms with Gasteiger partial charge < -0.3 is 14.6 Å². The first-order valence-corrected chi connectivity index (χ1v) is 8.12. The number of benzene rings is 1. The number of halogens is 3. The van der Waals surface area contributed by atoms with E-state index in [2.05, 4.69) is 43.3 Å². The van der Waals surface area contributed by atoms with Crippen LogP contribution in [0, 0.1) is 0 Å². The van der Waals surface area contributed by atoms with Gasteiger partial charge in [0.15, 0.2) is 12.4 Å². The van der Waals surface area contributed by atoms with E-state index < -0.39 is 0 Å². The number of rotatable bonds is 4. The highest BCUT2D eigenvalue weighted by Gasteiger charge is 2.25. The highest BCUT2D eigenvalue weighted by molar-refractivity contribution is 9.10. The molecule has 1 fully saturated rings. The standard InChI is InChI=1S/C14H16BrClN4O2.ClH/c1-20-5-4-17-7-11(20)14-18-13(22-19-14)8-21-12-3-2-9(15)6-10(12)16;/h2-3,6,11,17H,4-5,7-8H2,1H3;1H. The summed E-state index contributed by atoms with van der Waals surface area (Å²) in [6, 6.07) is 5.56. The average Bonchev–Trinajstić information content (AvgIpc) is 2.95. The second kappa shape index (κ2) is 8.30. The zero-order valence-corrected chi connectivity index (χ0v) is 15.6. The molecule has 3 rings (SSSR count). The van der Waals surface area contributed by atoms with Gasteiger partial charge in [-0.15, -0.1) is 12.4 Å². The summed E-state index contributed by atoms with van der Waals surface area (Å²) >= 11 is 9.46. The molecule has 1 N–H and O–H groups in total. The van der Waals surface area contributed by atoms with Gasteiger partial charge in [0.1, 0.15) is 5.75 Å². The Balaban J connectivity index is 0.00000192. The molecule has 0 aliphatic carbocycles. The van der Waals surface area contributed by atoms with Gasteiger partial charge in [-0.2, -0.15) is 4.98 Å². The molecule has 1 atom stereocenters. The van der Waals surface area contributed by atoms with Crippen LogP contribution in [0.15, 0.2) is 27.2 Å². The van der Waals surface area contributed by atoms with Crippen molar-refractivity contribution < 1.29 is 9.26 Å². The summed E-state index contributed by atoms with van der Waals surface area (Å²) in [7, 11) is 2.06. The molecular weight excluding hydrogens is 407 g/mol. The van der Waals surface area contributed by atoms with Crippen molar-refractivity contribution in [3.63, 3.8) is 0 Å². The number of ether oxygens (including phenoxy) is 1. The lowest BCUT2D eigenvalue weighted by Crippen LogP contribution is -2.44. The van der Waals surface area contributed by atoms with E-state index in [-0.39, 0.29) is 25.1 Å². The van der Waals surface area contributed by atoms with Crippen LogP contribution < -0.4 is 10.1 Å². The summed E-state index contributed by atoms with van der Waals surface area (Å²) in [6.07, 6.45) is 0. The molecule has 1 saturated heterocycles. The smallest absolute Gasteiger partial charge is 0.264 e. The zero-order chi connectivity index (χ0) is 15.5. The van der Waals surface area contributed by atoms with Gasteiger partial charge in [0.2, 0.25) is 0 Å². The molecule has 9 heteroatoms. The largest absolute Gasteiger partial charge is 0.482 e. The number of nitrogens with zero attached hydrogens (tertiary/aromatic N) is 3. The number of piperazine rings is 1. The van der Waals surface area contributed by atoms with E-state index in [9.17, 15) is 0 Å². The zero-order valence-electron chi connectivity index (χ0n) is 12.5. The minimum Gasteiger partial charge on any atom is -0.482 e. The van der Waals surface area contributed by atoms with E-state index in [4.69, 9.17) is 20.9 Å². The first-order chi connectivity index (χ1) is 10.6. The van der Waals surface area contributed by atoms with E-state index in [1.54, 1.807) is 12.1 Å². The van der Waals surface area contributed by atoms with Crippen LogP contribution >= 0.6 is 39.9 Å². The molecule has 0 spiro atoms. The molecule has 1 unspecified atom stereocenters. The maximum absolute atomic E-state index is 6.11. The van der Waals surface area contributed by atoms with Gasteiger partial charge in [-0.3, -0.25) is 4.90 Å². The molecule has 1 aliphatic rings. The maximum atomic E-state index is 6.11. The summed E-state index contributed by atoms with van der Waals surface area (Å²) in [6.45, 7) is 2.94. The molecule has 2 aromatic rings. The Bertz CT molecular complexity index is 655. The van der Waals surface area contributed by atoms with Crippen molar-refractivity contribution in [1.82, 2.24) is 20.4 Å². The van der Waals surface area contributed by atoms with Gasteiger partial charge >= 0.3 is 0 Å². The molecule has 1 aromatic carbocycles. The lowest BCUT2D eigenvalue weighted by atomic mass is 10.2. The predicted molar refractivity (Wildman–Crippen MR) is 93.3 cm³/mol. The summed E-state index contributed by atoms with van der Waals surface area (Å²) in [5.41, 5.74) is 0. The van der Waals surface area contributed by atoms with Crippen LogP contribution in [0.2, 0.25) is 5.02 Å². The van der Waals surface area contributed by atoms with Gasteiger partial charge in [-0.05, 0) is 25.2 Å². The number of aromatic nitrogens is 2. The summed E-state index contributed by atoms with van der Waals surface area (Å²) in [5, 5.41) is 7.91. The number of hydrogen-bond acceptors (Lipinski definition) is 6. The molecule has 126 valence electrons. The van der Waals surface area contributed by atoms with Gasteiger partial charge in [-0.1, -0.05) is 32.7 Å². The lowest BCUT2D eigenvalue weighted by Gasteiger charge is -2.30. The molecule has 0 bridgehead atoms. The minimum atomic E-state index is 0. The highest BCUT2D eigenvalue weighted by Crippen LogP contribution is 2.28. The van der Waals surface area contributed by atoms with Crippen molar-refractivity contribution in [2.75, 3.05) is 26.7 Å². The normalized spacial score (nSPS) is 18.5. The number of nitrogens with one attached hydrogen (secondary N) is 1. The molecule has 23 heavy (non-hydrogen) atoms. The van der Waals surface area contributed by atoms with E-state index in [0.29, 0.717) is 22.5 Å². The van der Waals surface area contributed by atoms with Crippen LogP contribution in [-0.2, 0) is 6.61 Å². The van der Waals surface area contributed by atoms with Crippen LogP contribution in [-0.4, -0.2) is 41.7 Å². The Labute approximate surface area is 154 Å². The molecule has 0 amide bonds. The van der Waals surface area contributed by atoms with Gasteiger partial charge in [-0.25, -0.2) is 0 Å². The Morgan fingerprint density at radius 2 is 2.35 bits per heavy atom. The van der Waals surface area contributed by atoms with Crippen molar-refractivity contribution >= 4 is 39.9 Å². The Morgan fingerprint density at radius 1 is 1.52 bits per heavy atom. The maximum Gasteiger partial charge on any atom is 0.264 e. The Kier molecular flexibility index (Phi) is 6.67. The quantitative estimate of drug-likeness (QED) is 0.815. The Morgan fingerprint density at radius 3 is 3.09 bits per heavy atom. The summed E-state index contributed by atoms with van der Waals surface area (Å²) < 4.78 is 11.8. The minimum absolute atomic E-state index is 0. The third-order valence-corrected chi connectivity index (χ3v) is 4.33. The summed E-state index contributed by atoms with van der Waals surface area (Å²) in [4.78, 5) is 6.62. The van der Waals surface area contributed by atoms with Crippen LogP contribution in [0.25, 0.3) is 0 Å². The molecular formula is C14H17BrCl2N4O2. The predicted octanol–water partition coefficient (Wildman–Crippen LogP) is 3.06. The number of hydrogen-bond donors (Lipinski definition) is 1. The van der Waals surface area contributed by atoms with Crippen molar-refractivity contribution in [2.24, 2.45) is 0 Å². The third kappa shape index (κ3) is 4.58. The topological polar surface area (TPSA) is 63.4 Å². The molecule has 1 aliphatic heterocycles. The highest BCUT2D eigenvalue weighted by atomic mass is 79.9. The van der Waals surface area contributed by atoms with E-state index in [0.717, 1.165) is 24.1 Å². The second-order valence-corrected chi connectivity index (χ2v) is 6.43. The van der Waals surface area contributed by atoms with Gasteiger partial charge in [0, 0.05) is 24.1 Å². The molecule has 0 saturated carbocycles. The SMILES string of the molecule is CN1CCNCC1c1noc(COc2ccc(Br)cc2Cl)n1.Cl. The van der Waals surface area contributed by atoms with Crippen molar-refractivity contribution in [2.45, 2.75) is 12.6 Å². The fourth-order valence-electron chi connectivity index (χ4n) is 2.29. The van der Waals surface area contributed by atoms with E-state index >= 15 is 0 Å². The molecule has 2 heterocycles. The molecule has 6 nitrogen and oxygen atoms in total. The first-order valence-electron chi connectivity index (χ1n) is 6.95. The molecule has 1 aromatic heterocycles. The second-order valence-electron chi connectivity index (χ2n) is 5.11. The van der Waals surface area contributed by atoms with Gasteiger partial charge in [0.05, 0.1) is 11.1 Å². The lowest BCUT2D eigenvalue weighted by molar-refractivity contribution is 0.189. The summed E-state index contributed by atoms with van der Waals surface area (Å²) in [5.74, 6) is 1.70. The van der Waals surface area contributed by atoms with Crippen molar-refractivity contribution in [3.8, 4) is 5.75 Å². The third-order valence-electron chi connectivity index (χ3n) is 3.54. The van der Waals surface area contributed by atoms with Crippen molar-refractivity contribution in [3.05, 3.63) is 39.4 Å². The molecule has 0 radical (unpaired) electrons. The fraction of sp³-hybridized carbons (Fsp3) is 0.429. The van der Waals surface area contributed by atoms with Crippen LogP contribution in [0.3, 0.4) is 0 Å².